The Balaban J connectivity index is 2.58. The van der Waals surface area contributed by atoms with Gasteiger partial charge in [-0.05, 0) is 6.42 Å². The summed E-state index contributed by atoms with van der Waals surface area (Å²) in [4.78, 5) is 19.3. The number of ether oxygens (including phenoxy) is 2. The van der Waals surface area contributed by atoms with Gasteiger partial charge in [-0.2, -0.15) is 0 Å². The topological polar surface area (TPSA) is 81.5 Å². The third-order valence-corrected chi connectivity index (χ3v) is 2.62. The molecule has 1 N–H and O–H groups in total. The van der Waals surface area contributed by atoms with E-state index in [1.807, 2.05) is 13.8 Å². The van der Waals surface area contributed by atoms with E-state index in [1.165, 1.54) is 6.20 Å². The quantitative estimate of drug-likeness (QED) is 0.701. The predicted molar refractivity (Wildman–Crippen MR) is 74.3 cm³/mol. The van der Waals surface area contributed by atoms with Crippen LogP contribution in [0, 0.1) is 0 Å². The van der Waals surface area contributed by atoms with Crippen LogP contribution in [0.2, 0.25) is 0 Å². The fourth-order valence-corrected chi connectivity index (χ4v) is 1.48. The molecule has 1 aromatic rings. The van der Waals surface area contributed by atoms with Crippen LogP contribution in [-0.2, 0) is 4.74 Å². The summed E-state index contributed by atoms with van der Waals surface area (Å²) >= 11 is 0. The Kier molecular flexibility index (Phi) is 6.93. The molecule has 1 rings (SSSR count). The molecule has 6 nitrogen and oxygen atoms in total. The monoisotopic (exact) mass is 282 g/mol. The standard InChI is InChI=1S/C14H22N2O4/c1-4-5-6-19-7-8-20-11-9-15-13(10(2)3)16-12(11)14(17)18/h9-10H,4-8H2,1-3H3,(H,17,18). The summed E-state index contributed by atoms with van der Waals surface area (Å²) in [5.74, 6) is -0.370. The summed E-state index contributed by atoms with van der Waals surface area (Å²) in [6.07, 6.45) is 3.50. The van der Waals surface area contributed by atoms with Gasteiger partial charge in [0.25, 0.3) is 0 Å². The van der Waals surface area contributed by atoms with Gasteiger partial charge < -0.3 is 14.6 Å². The summed E-state index contributed by atoms with van der Waals surface area (Å²) in [5.41, 5.74) is -0.0998. The molecule has 6 heteroatoms. The van der Waals surface area contributed by atoms with Gasteiger partial charge in [-0.3, -0.25) is 0 Å². The lowest BCUT2D eigenvalue weighted by molar-refractivity contribution is 0.0676. The van der Waals surface area contributed by atoms with Crippen LogP contribution in [-0.4, -0.2) is 40.9 Å². The molecule has 0 aliphatic heterocycles. The van der Waals surface area contributed by atoms with Crippen molar-refractivity contribution in [2.24, 2.45) is 0 Å². The van der Waals surface area contributed by atoms with Crippen molar-refractivity contribution in [2.45, 2.75) is 39.5 Å². The first-order valence-corrected chi connectivity index (χ1v) is 6.87. The zero-order chi connectivity index (χ0) is 15.0. The fraction of sp³-hybridized carbons (Fsp3) is 0.643. The highest BCUT2D eigenvalue weighted by atomic mass is 16.5. The van der Waals surface area contributed by atoms with Crippen LogP contribution in [0.1, 0.15) is 55.8 Å². The number of rotatable bonds is 9. The Morgan fingerprint density at radius 3 is 2.70 bits per heavy atom. The number of unbranched alkanes of at least 4 members (excludes halogenated alkanes) is 1. The van der Waals surface area contributed by atoms with E-state index < -0.39 is 5.97 Å². The number of hydrogen-bond acceptors (Lipinski definition) is 5. The molecule has 0 aliphatic carbocycles. The Morgan fingerprint density at radius 2 is 2.10 bits per heavy atom. The van der Waals surface area contributed by atoms with Crippen molar-refractivity contribution in [3.05, 3.63) is 17.7 Å². The molecule has 0 bridgehead atoms. The average Bonchev–Trinajstić information content (AvgIpc) is 2.42. The summed E-state index contributed by atoms with van der Waals surface area (Å²) in [5, 5.41) is 9.14. The van der Waals surface area contributed by atoms with Gasteiger partial charge in [0.2, 0.25) is 0 Å². The number of nitrogens with zero attached hydrogens (tertiary/aromatic N) is 2. The molecule has 20 heavy (non-hydrogen) atoms. The number of aromatic nitrogens is 2. The number of hydrogen-bond donors (Lipinski definition) is 1. The van der Waals surface area contributed by atoms with Crippen molar-refractivity contribution in [3.63, 3.8) is 0 Å². The molecular weight excluding hydrogens is 260 g/mol. The SMILES string of the molecule is CCCCOCCOc1cnc(C(C)C)nc1C(=O)O. The first-order chi connectivity index (χ1) is 9.56. The summed E-state index contributed by atoms with van der Waals surface area (Å²) < 4.78 is 10.7. The van der Waals surface area contributed by atoms with Crippen molar-refractivity contribution in [3.8, 4) is 5.75 Å². The average molecular weight is 282 g/mol. The van der Waals surface area contributed by atoms with E-state index in [1.54, 1.807) is 0 Å². The van der Waals surface area contributed by atoms with Gasteiger partial charge in [0.1, 0.15) is 12.4 Å². The smallest absolute Gasteiger partial charge is 0.358 e. The van der Waals surface area contributed by atoms with Crippen LogP contribution >= 0.6 is 0 Å². The minimum atomic E-state index is -1.11. The van der Waals surface area contributed by atoms with Gasteiger partial charge in [-0.25, -0.2) is 14.8 Å². The van der Waals surface area contributed by atoms with Crippen molar-refractivity contribution in [1.29, 1.82) is 0 Å². The number of carboxylic acid groups (broad SMARTS) is 1. The third kappa shape index (κ3) is 5.13. The minimum absolute atomic E-state index is 0.0690. The molecule has 0 aliphatic rings. The number of carbonyl (C=O) groups is 1. The molecule has 1 heterocycles. The van der Waals surface area contributed by atoms with Crippen LogP contribution in [0.25, 0.3) is 0 Å². The molecule has 0 amide bonds. The highest BCUT2D eigenvalue weighted by molar-refractivity contribution is 5.88. The zero-order valence-electron chi connectivity index (χ0n) is 12.3. The summed E-state index contributed by atoms with van der Waals surface area (Å²) in [6.45, 7) is 7.30. The van der Waals surface area contributed by atoms with Crippen LogP contribution < -0.4 is 4.74 Å². The lowest BCUT2D eigenvalue weighted by atomic mass is 10.2. The molecule has 112 valence electrons. The Hall–Kier alpha value is -1.69. The Morgan fingerprint density at radius 1 is 1.35 bits per heavy atom. The van der Waals surface area contributed by atoms with Crippen molar-refractivity contribution < 1.29 is 19.4 Å². The summed E-state index contributed by atoms with van der Waals surface area (Å²) in [6, 6.07) is 0. The van der Waals surface area contributed by atoms with E-state index in [0.29, 0.717) is 19.0 Å². The van der Waals surface area contributed by atoms with E-state index in [0.717, 1.165) is 12.8 Å². The van der Waals surface area contributed by atoms with Gasteiger partial charge in [0.05, 0.1) is 12.8 Å². The molecule has 0 atom stereocenters. The van der Waals surface area contributed by atoms with Gasteiger partial charge in [0, 0.05) is 12.5 Å². The van der Waals surface area contributed by atoms with E-state index in [-0.39, 0.29) is 24.0 Å². The molecule has 0 unspecified atom stereocenters. The van der Waals surface area contributed by atoms with Crippen molar-refractivity contribution in [1.82, 2.24) is 9.97 Å². The van der Waals surface area contributed by atoms with Gasteiger partial charge in [-0.1, -0.05) is 27.2 Å². The second-order valence-electron chi connectivity index (χ2n) is 4.72. The fourth-order valence-electron chi connectivity index (χ4n) is 1.48. The van der Waals surface area contributed by atoms with Crippen molar-refractivity contribution in [2.75, 3.05) is 19.8 Å². The lowest BCUT2D eigenvalue weighted by Gasteiger charge is -2.10. The Labute approximate surface area is 119 Å². The summed E-state index contributed by atoms with van der Waals surface area (Å²) in [7, 11) is 0. The Bertz CT molecular complexity index is 435. The van der Waals surface area contributed by atoms with E-state index in [2.05, 4.69) is 16.9 Å². The zero-order valence-corrected chi connectivity index (χ0v) is 12.3. The maximum absolute atomic E-state index is 11.2. The molecular formula is C14H22N2O4. The molecule has 0 fully saturated rings. The normalized spacial score (nSPS) is 10.8. The first-order valence-electron chi connectivity index (χ1n) is 6.87. The number of carboxylic acids is 1. The highest BCUT2D eigenvalue weighted by Gasteiger charge is 2.16. The first kappa shape index (κ1) is 16.4. The van der Waals surface area contributed by atoms with E-state index >= 15 is 0 Å². The van der Waals surface area contributed by atoms with Crippen LogP contribution in [0.4, 0.5) is 0 Å². The molecule has 0 radical (unpaired) electrons. The van der Waals surface area contributed by atoms with Crippen LogP contribution in [0.3, 0.4) is 0 Å². The second kappa shape index (κ2) is 8.47. The van der Waals surface area contributed by atoms with Crippen LogP contribution in [0.15, 0.2) is 6.20 Å². The predicted octanol–water partition coefficient (Wildman–Crippen LogP) is 2.49. The third-order valence-electron chi connectivity index (χ3n) is 2.62. The van der Waals surface area contributed by atoms with Gasteiger partial charge in [-0.15, -0.1) is 0 Å². The second-order valence-corrected chi connectivity index (χ2v) is 4.72. The number of aromatic carboxylic acids is 1. The lowest BCUT2D eigenvalue weighted by Crippen LogP contribution is -2.13. The minimum Gasteiger partial charge on any atom is -0.487 e. The maximum atomic E-state index is 11.2. The maximum Gasteiger partial charge on any atom is 0.358 e. The van der Waals surface area contributed by atoms with Crippen molar-refractivity contribution >= 4 is 5.97 Å². The highest BCUT2D eigenvalue weighted by Crippen LogP contribution is 2.18. The van der Waals surface area contributed by atoms with Crippen LogP contribution in [0.5, 0.6) is 5.75 Å². The molecule has 1 aromatic heterocycles. The molecule has 0 saturated carbocycles. The molecule has 0 spiro atoms. The van der Waals surface area contributed by atoms with Gasteiger partial charge >= 0.3 is 5.97 Å². The van der Waals surface area contributed by atoms with E-state index in [4.69, 9.17) is 14.6 Å². The molecule has 0 aromatic carbocycles. The van der Waals surface area contributed by atoms with Gasteiger partial charge in [0.15, 0.2) is 11.4 Å². The molecule has 0 saturated heterocycles. The largest absolute Gasteiger partial charge is 0.487 e. The van der Waals surface area contributed by atoms with E-state index in [9.17, 15) is 4.79 Å².